The molecule has 1 amide bonds. The van der Waals surface area contributed by atoms with Crippen LogP contribution in [0.15, 0.2) is 24.5 Å². The number of hydrogen-bond acceptors (Lipinski definition) is 6. The number of carbonyl (C=O) groups is 2. The van der Waals surface area contributed by atoms with Crippen LogP contribution in [-0.4, -0.2) is 76.5 Å². The first kappa shape index (κ1) is 22.4. The van der Waals surface area contributed by atoms with E-state index >= 15 is 0 Å². The standard InChI is InChI=1S/C15H20N2O3S.C2HF3O2/c1-19-8-14(18)17-10-15(11-17)6-13(9-21-15)20-7-12-2-4-16-5-3-12;3-2(4,5)1(6)7/h2-5,13H,6-11H2,1H3;(H,6,7). The van der Waals surface area contributed by atoms with Gasteiger partial charge in [-0.25, -0.2) is 4.79 Å². The van der Waals surface area contributed by atoms with Gasteiger partial charge in [0, 0.05) is 38.3 Å². The molecule has 0 aliphatic carbocycles. The maximum absolute atomic E-state index is 11.7. The van der Waals surface area contributed by atoms with Crippen molar-refractivity contribution in [1.29, 1.82) is 0 Å². The maximum atomic E-state index is 11.7. The predicted octanol–water partition coefficient (Wildman–Crippen LogP) is 1.96. The van der Waals surface area contributed by atoms with Crippen molar-refractivity contribution in [2.75, 3.05) is 32.6 Å². The molecule has 2 aliphatic heterocycles. The van der Waals surface area contributed by atoms with Crippen LogP contribution in [0.1, 0.15) is 12.0 Å². The van der Waals surface area contributed by atoms with Gasteiger partial charge in [0.1, 0.15) is 6.61 Å². The molecule has 1 unspecified atom stereocenters. The Bertz CT molecular complexity index is 669. The summed E-state index contributed by atoms with van der Waals surface area (Å²) in [5.41, 5.74) is 1.15. The molecule has 1 spiro atoms. The molecule has 2 fully saturated rings. The van der Waals surface area contributed by atoms with Crippen molar-refractivity contribution in [1.82, 2.24) is 9.88 Å². The number of thioether (sulfide) groups is 1. The number of hydrogen-bond donors (Lipinski definition) is 1. The van der Waals surface area contributed by atoms with Gasteiger partial charge in [0.2, 0.25) is 5.91 Å². The second-order valence-electron chi connectivity index (χ2n) is 6.47. The van der Waals surface area contributed by atoms with E-state index in [4.69, 9.17) is 19.4 Å². The second-order valence-corrected chi connectivity index (χ2v) is 7.96. The van der Waals surface area contributed by atoms with Gasteiger partial charge in [-0.15, -0.1) is 11.8 Å². The minimum Gasteiger partial charge on any atom is -0.475 e. The lowest BCUT2D eigenvalue weighted by Crippen LogP contribution is -2.61. The zero-order chi connectivity index (χ0) is 20.8. The molecule has 1 atom stereocenters. The van der Waals surface area contributed by atoms with E-state index in [9.17, 15) is 18.0 Å². The molecule has 11 heteroatoms. The maximum Gasteiger partial charge on any atom is 0.490 e. The monoisotopic (exact) mass is 422 g/mol. The summed E-state index contributed by atoms with van der Waals surface area (Å²) in [4.78, 5) is 26.5. The zero-order valence-corrected chi connectivity index (χ0v) is 16.0. The van der Waals surface area contributed by atoms with Gasteiger partial charge in [0.25, 0.3) is 0 Å². The molecule has 156 valence electrons. The fraction of sp³-hybridized carbons (Fsp3) is 0.588. The number of halogens is 3. The number of amides is 1. The third kappa shape index (κ3) is 6.35. The van der Waals surface area contributed by atoms with Gasteiger partial charge in [-0.2, -0.15) is 13.2 Å². The molecule has 3 rings (SSSR count). The SMILES string of the molecule is COCC(=O)N1CC2(CC(OCc3ccncc3)CS2)C1.O=C(O)C(F)(F)F. The van der Waals surface area contributed by atoms with Crippen LogP contribution in [0.5, 0.6) is 0 Å². The summed E-state index contributed by atoms with van der Waals surface area (Å²) in [7, 11) is 1.56. The average Bonchev–Trinajstić information content (AvgIpc) is 3.04. The first-order valence-corrected chi connectivity index (χ1v) is 9.35. The van der Waals surface area contributed by atoms with Crippen LogP contribution in [0.2, 0.25) is 0 Å². The Balaban J connectivity index is 0.000000345. The number of carbonyl (C=O) groups excluding carboxylic acids is 1. The Morgan fingerprint density at radius 1 is 1.36 bits per heavy atom. The van der Waals surface area contributed by atoms with Crippen LogP contribution >= 0.6 is 11.8 Å². The van der Waals surface area contributed by atoms with E-state index in [1.165, 1.54) is 0 Å². The van der Waals surface area contributed by atoms with Crippen molar-refractivity contribution in [3.63, 3.8) is 0 Å². The summed E-state index contributed by atoms with van der Waals surface area (Å²) in [6.45, 7) is 2.48. The number of ether oxygens (including phenoxy) is 2. The van der Waals surface area contributed by atoms with Gasteiger partial charge < -0.3 is 19.5 Å². The van der Waals surface area contributed by atoms with Crippen molar-refractivity contribution >= 4 is 23.6 Å². The molecule has 0 saturated carbocycles. The van der Waals surface area contributed by atoms with E-state index in [1.807, 2.05) is 28.8 Å². The highest BCUT2D eigenvalue weighted by atomic mass is 32.2. The van der Waals surface area contributed by atoms with Crippen LogP contribution in [-0.2, 0) is 25.7 Å². The van der Waals surface area contributed by atoms with E-state index in [1.54, 1.807) is 19.5 Å². The number of likely N-dealkylation sites (tertiary alicyclic amines) is 1. The largest absolute Gasteiger partial charge is 0.490 e. The number of aliphatic carboxylic acids is 1. The number of alkyl halides is 3. The highest BCUT2D eigenvalue weighted by Crippen LogP contribution is 2.46. The first-order chi connectivity index (χ1) is 13.1. The van der Waals surface area contributed by atoms with Crippen LogP contribution in [0.3, 0.4) is 0 Å². The third-order valence-corrected chi connectivity index (χ3v) is 5.81. The van der Waals surface area contributed by atoms with Gasteiger partial charge in [0.15, 0.2) is 0 Å². The Hall–Kier alpha value is -1.85. The van der Waals surface area contributed by atoms with Gasteiger partial charge in [-0.3, -0.25) is 9.78 Å². The number of carboxylic acids is 1. The van der Waals surface area contributed by atoms with Gasteiger partial charge in [-0.05, 0) is 24.1 Å². The van der Waals surface area contributed by atoms with Crippen molar-refractivity contribution in [2.24, 2.45) is 0 Å². The molecular formula is C17H21F3N2O5S. The molecule has 1 aromatic heterocycles. The van der Waals surface area contributed by atoms with Gasteiger partial charge in [0.05, 0.1) is 17.5 Å². The zero-order valence-electron chi connectivity index (χ0n) is 15.1. The van der Waals surface area contributed by atoms with E-state index in [0.29, 0.717) is 6.61 Å². The van der Waals surface area contributed by atoms with Crippen LogP contribution < -0.4 is 0 Å². The van der Waals surface area contributed by atoms with Crippen molar-refractivity contribution in [3.8, 4) is 0 Å². The second kappa shape index (κ2) is 9.57. The van der Waals surface area contributed by atoms with Gasteiger partial charge >= 0.3 is 12.1 Å². The Kier molecular flexibility index (Phi) is 7.67. The number of carboxylic acid groups (broad SMARTS) is 1. The van der Waals surface area contributed by atoms with Crippen LogP contribution in [0.4, 0.5) is 13.2 Å². The molecule has 0 radical (unpaired) electrons. The summed E-state index contributed by atoms with van der Waals surface area (Å²) in [5, 5.41) is 7.12. The highest BCUT2D eigenvalue weighted by Gasteiger charge is 2.50. The molecule has 1 aromatic rings. The molecule has 7 nitrogen and oxygen atoms in total. The molecule has 2 saturated heterocycles. The van der Waals surface area contributed by atoms with Crippen LogP contribution in [0.25, 0.3) is 0 Å². The number of pyridine rings is 1. The normalized spacial score (nSPS) is 20.3. The Labute approximate surface area is 164 Å². The molecule has 28 heavy (non-hydrogen) atoms. The summed E-state index contributed by atoms with van der Waals surface area (Å²) < 4.78 is 42.8. The average molecular weight is 422 g/mol. The van der Waals surface area contributed by atoms with Gasteiger partial charge in [-0.1, -0.05) is 0 Å². The van der Waals surface area contributed by atoms with Crippen molar-refractivity contribution in [2.45, 2.75) is 30.1 Å². The van der Waals surface area contributed by atoms with E-state index < -0.39 is 12.1 Å². The number of aromatic nitrogens is 1. The van der Waals surface area contributed by atoms with E-state index in [2.05, 4.69) is 4.98 Å². The molecule has 2 aliphatic rings. The lowest BCUT2D eigenvalue weighted by atomic mass is 9.93. The van der Waals surface area contributed by atoms with E-state index in [-0.39, 0.29) is 23.4 Å². The molecule has 0 aromatic carbocycles. The number of nitrogens with zero attached hydrogens (tertiary/aromatic N) is 2. The molecular weight excluding hydrogens is 401 g/mol. The van der Waals surface area contributed by atoms with Crippen molar-refractivity contribution < 1.29 is 37.3 Å². The Morgan fingerprint density at radius 3 is 2.50 bits per heavy atom. The highest BCUT2D eigenvalue weighted by molar-refractivity contribution is 8.01. The van der Waals surface area contributed by atoms with Crippen molar-refractivity contribution in [3.05, 3.63) is 30.1 Å². The number of methoxy groups -OCH3 is 1. The minimum atomic E-state index is -5.08. The summed E-state index contributed by atoms with van der Waals surface area (Å²) in [6, 6.07) is 3.96. The first-order valence-electron chi connectivity index (χ1n) is 8.36. The fourth-order valence-electron chi connectivity index (χ4n) is 2.86. The Morgan fingerprint density at radius 2 is 1.96 bits per heavy atom. The molecule has 0 bridgehead atoms. The minimum absolute atomic E-state index is 0.0879. The van der Waals surface area contributed by atoms with Crippen LogP contribution in [0, 0.1) is 0 Å². The summed E-state index contributed by atoms with van der Waals surface area (Å²) in [5.74, 6) is -1.66. The summed E-state index contributed by atoms with van der Waals surface area (Å²) >= 11 is 1.94. The predicted molar refractivity (Wildman–Crippen MR) is 94.8 cm³/mol. The quantitative estimate of drug-likeness (QED) is 0.776. The third-order valence-electron chi connectivity index (χ3n) is 4.23. The molecule has 3 heterocycles. The lowest BCUT2D eigenvalue weighted by molar-refractivity contribution is -0.192. The lowest BCUT2D eigenvalue weighted by Gasteiger charge is -2.47. The van der Waals surface area contributed by atoms with E-state index in [0.717, 1.165) is 30.8 Å². The fourth-order valence-corrected chi connectivity index (χ4v) is 4.41. The number of rotatable bonds is 5. The smallest absolute Gasteiger partial charge is 0.475 e. The topological polar surface area (TPSA) is 89.0 Å². The molecule has 1 N–H and O–H groups in total. The summed E-state index contributed by atoms with van der Waals surface area (Å²) in [6.07, 6.45) is -0.203.